The van der Waals surface area contributed by atoms with Gasteiger partial charge in [-0.2, -0.15) is 0 Å². The van der Waals surface area contributed by atoms with Crippen LogP contribution in [0.25, 0.3) is 0 Å². The summed E-state index contributed by atoms with van der Waals surface area (Å²) in [6.07, 6.45) is 5.45. The molecule has 3 fully saturated rings. The first-order valence-corrected chi connectivity index (χ1v) is 7.12. The molecule has 1 nitrogen and oxygen atoms in total. The van der Waals surface area contributed by atoms with Crippen molar-refractivity contribution in [1.29, 1.82) is 0 Å². The second-order valence-corrected chi connectivity index (χ2v) is 6.64. The van der Waals surface area contributed by atoms with Crippen LogP contribution in [0.2, 0.25) is 0 Å². The minimum Gasteiger partial charge on any atom is -0.281 e. The predicted molar refractivity (Wildman–Crippen MR) is 71.2 cm³/mol. The Labute approximate surface area is 104 Å². The normalized spacial score (nSPS) is 40.9. The first kappa shape index (κ1) is 10.1. The maximum Gasteiger partial charge on any atom is 0.0814 e. The summed E-state index contributed by atoms with van der Waals surface area (Å²) in [5.74, 6) is 2.90. The van der Waals surface area contributed by atoms with Gasteiger partial charge in [0.25, 0.3) is 0 Å². The van der Waals surface area contributed by atoms with Crippen LogP contribution in [0.4, 0.5) is 0 Å². The highest BCUT2D eigenvalue weighted by Gasteiger charge is 2.78. The second-order valence-electron chi connectivity index (χ2n) is 6.64. The standard InChI is InChI=1S/C16H21N/c1-4-9(2)6-16-7-12-14(16)11(15(12)16)5-10(3)13-8-17-13/h9,12,14H,3-8H2,1-2H3/t9-,12?,14?,16?/m1/s1. The number of nitrogens with zero attached hydrogens (tertiary/aromatic N) is 1. The van der Waals surface area contributed by atoms with E-state index in [0.717, 1.165) is 30.7 Å². The van der Waals surface area contributed by atoms with E-state index in [9.17, 15) is 0 Å². The number of rotatable bonds is 6. The molecule has 3 unspecified atom stereocenters. The fourth-order valence-electron chi connectivity index (χ4n) is 4.56. The smallest absolute Gasteiger partial charge is 0.0814 e. The molecule has 0 spiro atoms. The van der Waals surface area contributed by atoms with E-state index in [2.05, 4.69) is 25.4 Å². The van der Waals surface area contributed by atoms with Gasteiger partial charge in [0.05, 0.1) is 12.3 Å². The van der Waals surface area contributed by atoms with Gasteiger partial charge in [0, 0.05) is 0 Å². The summed E-state index contributed by atoms with van der Waals surface area (Å²) in [7, 11) is 0. The van der Waals surface area contributed by atoms with Gasteiger partial charge in [0.2, 0.25) is 0 Å². The third-order valence-electron chi connectivity index (χ3n) is 5.75. The molecule has 5 aliphatic carbocycles. The van der Waals surface area contributed by atoms with Crippen LogP contribution < -0.4 is 0 Å². The van der Waals surface area contributed by atoms with E-state index in [1.165, 1.54) is 30.5 Å². The van der Waals surface area contributed by atoms with Gasteiger partial charge in [-0.25, -0.2) is 0 Å². The van der Waals surface area contributed by atoms with Crippen LogP contribution in [0.1, 0.15) is 39.5 Å². The van der Waals surface area contributed by atoms with Crippen molar-refractivity contribution in [3.8, 4) is 0 Å². The van der Waals surface area contributed by atoms with E-state index in [1.54, 1.807) is 5.57 Å². The van der Waals surface area contributed by atoms with Crippen molar-refractivity contribution in [3.63, 3.8) is 0 Å². The molecule has 4 bridgehead atoms. The first-order valence-electron chi connectivity index (χ1n) is 7.12. The Hall–Kier alpha value is -0.850. The summed E-state index contributed by atoms with van der Waals surface area (Å²) in [6, 6.07) is 0. The lowest BCUT2D eigenvalue weighted by Gasteiger charge is -2.81. The molecule has 0 radical (unpaired) electrons. The van der Waals surface area contributed by atoms with Crippen LogP contribution in [0.3, 0.4) is 0 Å². The van der Waals surface area contributed by atoms with E-state index in [4.69, 9.17) is 0 Å². The van der Waals surface area contributed by atoms with Crippen LogP contribution in [-0.2, 0) is 0 Å². The Morgan fingerprint density at radius 3 is 2.76 bits per heavy atom. The van der Waals surface area contributed by atoms with E-state index in [-0.39, 0.29) is 0 Å². The number of allylic oxidation sites excluding steroid dienone is 2. The van der Waals surface area contributed by atoms with Crippen molar-refractivity contribution in [3.05, 3.63) is 23.3 Å². The summed E-state index contributed by atoms with van der Waals surface area (Å²) in [5.41, 5.74) is 6.93. The number of hydrogen-bond acceptors (Lipinski definition) is 1. The molecule has 1 heteroatoms. The zero-order valence-electron chi connectivity index (χ0n) is 10.9. The summed E-state index contributed by atoms with van der Waals surface area (Å²) in [5, 5.41) is 0. The van der Waals surface area contributed by atoms with Crippen LogP contribution in [0.5, 0.6) is 0 Å². The monoisotopic (exact) mass is 227 g/mol. The summed E-state index contributed by atoms with van der Waals surface area (Å²) in [4.78, 5) is 4.26. The van der Waals surface area contributed by atoms with Crippen molar-refractivity contribution >= 4 is 5.71 Å². The van der Waals surface area contributed by atoms with Gasteiger partial charge in [0.15, 0.2) is 0 Å². The van der Waals surface area contributed by atoms with Crippen LogP contribution >= 0.6 is 0 Å². The zero-order chi connectivity index (χ0) is 11.8. The largest absolute Gasteiger partial charge is 0.281 e. The molecule has 0 aromatic carbocycles. The van der Waals surface area contributed by atoms with E-state index in [1.807, 2.05) is 5.57 Å². The molecule has 17 heavy (non-hydrogen) atoms. The molecule has 0 aromatic heterocycles. The van der Waals surface area contributed by atoms with Gasteiger partial charge in [-0.1, -0.05) is 38.0 Å². The average Bonchev–Trinajstić information content (AvgIpc) is 3.05. The van der Waals surface area contributed by atoms with Crippen molar-refractivity contribution in [2.75, 3.05) is 6.54 Å². The quantitative estimate of drug-likeness (QED) is 0.612. The fourth-order valence-corrected chi connectivity index (χ4v) is 4.56. The SMILES string of the molecule is C=C(CC1=C2C3CC2(C[C@H](C)CC)C13)C1=NC1. The molecule has 6 rings (SSSR count). The molecular weight excluding hydrogens is 206 g/mol. The van der Waals surface area contributed by atoms with Crippen LogP contribution in [0.15, 0.2) is 28.3 Å². The summed E-state index contributed by atoms with van der Waals surface area (Å²) < 4.78 is 0. The molecule has 6 aliphatic rings. The lowest BCUT2D eigenvalue weighted by molar-refractivity contribution is -0.150. The molecule has 90 valence electrons. The van der Waals surface area contributed by atoms with E-state index < -0.39 is 0 Å². The van der Waals surface area contributed by atoms with Gasteiger partial charge in [-0.15, -0.1) is 0 Å². The molecule has 0 N–H and O–H groups in total. The number of aliphatic imine (C=N–C) groups is 1. The number of hydrogen-bond donors (Lipinski definition) is 0. The van der Waals surface area contributed by atoms with Gasteiger partial charge >= 0.3 is 0 Å². The van der Waals surface area contributed by atoms with Crippen molar-refractivity contribution in [1.82, 2.24) is 0 Å². The molecule has 0 aromatic rings. The first-order chi connectivity index (χ1) is 8.17. The van der Waals surface area contributed by atoms with Crippen molar-refractivity contribution in [2.45, 2.75) is 39.5 Å². The van der Waals surface area contributed by atoms with Gasteiger partial charge in [-0.3, -0.25) is 4.99 Å². The lowest BCUT2D eigenvalue weighted by atomic mass is 9.22. The molecular formula is C16H21N. The molecule has 0 amide bonds. The van der Waals surface area contributed by atoms with Gasteiger partial charge in [0.1, 0.15) is 0 Å². The minimum atomic E-state index is 0.709. The Kier molecular flexibility index (Phi) is 1.74. The Balaban J connectivity index is 1.46. The molecule has 0 saturated heterocycles. The zero-order valence-corrected chi connectivity index (χ0v) is 10.9. The Morgan fingerprint density at radius 1 is 1.59 bits per heavy atom. The Bertz CT molecular complexity index is 482. The molecule has 1 aliphatic heterocycles. The second kappa shape index (κ2) is 2.93. The topological polar surface area (TPSA) is 12.4 Å². The lowest BCUT2D eigenvalue weighted by Crippen LogP contribution is -2.73. The minimum absolute atomic E-state index is 0.709. The van der Waals surface area contributed by atoms with Crippen molar-refractivity contribution in [2.24, 2.45) is 28.2 Å². The fraction of sp³-hybridized carbons (Fsp3) is 0.688. The molecule has 4 atom stereocenters. The summed E-state index contributed by atoms with van der Waals surface area (Å²) >= 11 is 0. The Morgan fingerprint density at radius 2 is 2.29 bits per heavy atom. The maximum absolute atomic E-state index is 4.26. The average molecular weight is 227 g/mol. The van der Waals surface area contributed by atoms with Crippen LogP contribution in [0, 0.1) is 23.2 Å². The highest BCUT2D eigenvalue weighted by atomic mass is 14.9. The predicted octanol–water partition coefficient (Wildman–Crippen LogP) is 3.77. The molecule has 1 heterocycles. The van der Waals surface area contributed by atoms with E-state index >= 15 is 0 Å². The van der Waals surface area contributed by atoms with Crippen molar-refractivity contribution < 1.29 is 0 Å². The van der Waals surface area contributed by atoms with Gasteiger partial charge < -0.3 is 0 Å². The third-order valence-corrected chi connectivity index (χ3v) is 5.75. The van der Waals surface area contributed by atoms with E-state index in [0.29, 0.717) is 5.41 Å². The summed E-state index contributed by atoms with van der Waals surface area (Å²) in [6.45, 7) is 9.87. The van der Waals surface area contributed by atoms with Crippen LogP contribution in [-0.4, -0.2) is 12.3 Å². The highest BCUT2D eigenvalue weighted by molar-refractivity contribution is 6.10. The van der Waals surface area contributed by atoms with Gasteiger partial charge in [-0.05, 0) is 48.0 Å². The highest BCUT2D eigenvalue weighted by Crippen LogP contribution is 2.86. The molecule has 3 saturated carbocycles. The maximum atomic E-state index is 4.26. The third kappa shape index (κ3) is 1.04.